The van der Waals surface area contributed by atoms with Gasteiger partial charge < -0.3 is 20.8 Å². The highest BCUT2D eigenvalue weighted by Crippen LogP contribution is 2.20. The Morgan fingerprint density at radius 1 is 0.864 bits per heavy atom. The molecule has 0 radical (unpaired) electrons. The van der Waals surface area contributed by atoms with Gasteiger partial charge in [0.1, 0.15) is 0 Å². The number of aliphatic carboxylic acids is 2. The van der Waals surface area contributed by atoms with Gasteiger partial charge in [-0.2, -0.15) is 25.3 Å². The molecule has 2 unspecified atom stereocenters. The van der Waals surface area contributed by atoms with Crippen molar-refractivity contribution in [1.82, 2.24) is 10.6 Å². The Hall–Kier alpha value is -0.440. The van der Waals surface area contributed by atoms with Crippen molar-refractivity contribution in [3.05, 3.63) is 0 Å². The summed E-state index contributed by atoms with van der Waals surface area (Å²) in [5.74, 6) is -0.616. The van der Waals surface area contributed by atoms with E-state index < -0.39 is 11.9 Å². The Balaban J connectivity index is 2.33. The lowest BCUT2D eigenvalue weighted by molar-refractivity contribution is -0.138. The first-order valence-corrected chi connectivity index (χ1v) is 8.88. The van der Waals surface area contributed by atoms with Crippen LogP contribution in [0.25, 0.3) is 0 Å². The molecule has 128 valence electrons. The van der Waals surface area contributed by atoms with Crippen LogP contribution in [-0.2, 0) is 9.59 Å². The molecule has 0 heterocycles. The molecular formula is C14H26N2O4S2. The standard InChI is InChI=1S/C14H26N2O4S2/c17-13(18)5-11(7-21)15-9-1-2-10(4-3-9)16-12(8-22)6-14(19)20/h9-12,15-16,21-22H,1-8H2,(H,17,18)(H,19,20). The smallest absolute Gasteiger partial charge is 0.304 e. The van der Waals surface area contributed by atoms with Crippen molar-refractivity contribution < 1.29 is 19.8 Å². The molecule has 0 spiro atoms. The van der Waals surface area contributed by atoms with Crippen LogP contribution in [-0.4, -0.2) is 57.8 Å². The van der Waals surface area contributed by atoms with Crippen molar-refractivity contribution in [2.24, 2.45) is 0 Å². The van der Waals surface area contributed by atoms with E-state index in [9.17, 15) is 9.59 Å². The van der Waals surface area contributed by atoms with E-state index in [1.165, 1.54) is 0 Å². The summed E-state index contributed by atoms with van der Waals surface area (Å²) < 4.78 is 0. The highest BCUT2D eigenvalue weighted by atomic mass is 32.1. The Kier molecular flexibility index (Phi) is 9.23. The van der Waals surface area contributed by atoms with Crippen LogP contribution in [0.5, 0.6) is 0 Å². The van der Waals surface area contributed by atoms with Crippen molar-refractivity contribution in [2.45, 2.75) is 62.7 Å². The molecule has 0 aromatic rings. The van der Waals surface area contributed by atoms with Crippen LogP contribution < -0.4 is 10.6 Å². The van der Waals surface area contributed by atoms with E-state index in [-0.39, 0.29) is 24.9 Å². The predicted molar refractivity (Wildman–Crippen MR) is 92.1 cm³/mol. The minimum atomic E-state index is -0.813. The zero-order valence-electron chi connectivity index (χ0n) is 12.6. The number of carboxylic acids is 2. The van der Waals surface area contributed by atoms with Gasteiger partial charge in [-0.25, -0.2) is 0 Å². The molecule has 1 aliphatic rings. The van der Waals surface area contributed by atoms with Crippen LogP contribution in [0.3, 0.4) is 0 Å². The summed E-state index contributed by atoms with van der Waals surface area (Å²) in [5, 5.41) is 24.4. The molecule has 0 aromatic carbocycles. The minimum Gasteiger partial charge on any atom is -0.481 e. The lowest BCUT2D eigenvalue weighted by Gasteiger charge is -2.33. The topological polar surface area (TPSA) is 98.7 Å². The maximum absolute atomic E-state index is 10.8. The molecule has 4 N–H and O–H groups in total. The van der Waals surface area contributed by atoms with Gasteiger partial charge in [0.05, 0.1) is 12.8 Å². The number of hydrogen-bond donors (Lipinski definition) is 6. The zero-order valence-corrected chi connectivity index (χ0v) is 14.4. The molecule has 1 fully saturated rings. The van der Waals surface area contributed by atoms with Gasteiger partial charge in [-0.1, -0.05) is 0 Å². The molecule has 0 saturated heterocycles. The van der Waals surface area contributed by atoms with E-state index in [0.717, 1.165) is 25.7 Å². The molecule has 1 saturated carbocycles. The van der Waals surface area contributed by atoms with Crippen LogP contribution in [0.15, 0.2) is 0 Å². The average molecular weight is 351 g/mol. The normalized spacial score (nSPS) is 24.6. The summed E-state index contributed by atoms with van der Waals surface area (Å²) in [6.45, 7) is 0. The van der Waals surface area contributed by atoms with E-state index in [4.69, 9.17) is 10.2 Å². The quantitative estimate of drug-likeness (QED) is 0.329. The lowest BCUT2D eigenvalue weighted by Crippen LogP contribution is -2.47. The third kappa shape index (κ3) is 7.71. The molecule has 0 amide bonds. The maximum Gasteiger partial charge on any atom is 0.304 e. The van der Waals surface area contributed by atoms with Gasteiger partial charge in [-0.05, 0) is 25.7 Å². The SMILES string of the molecule is O=C(O)CC(CS)NC1CCC(NC(CS)CC(=O)O)CC1. The van der Waals surface area contributed by atoms with Gasteiger partial charge in [-0.15, -0.1) is 0 Å². The van der Waals surface area contributed by atoms with Gasteiger partial charge in [0.15, 0.2) is 0 Å². The van der Waals surface area contributed by atoms with Gasteiger partial charge >= 0.3 is 11.9 Å². The van der Waals surface area contributed by atoms with E-state index in [1.807, 2.05) is 0 Å². The number of rotatable bonds is 10. The molecule has 0 aliphatic heterocycles. The fourth-order valence-electron chi connectivity index (χ4n) is 2.87. The second-order valence-electron chi connectivity index (χ2n) is 5.84. The molecular weight excluding hydrogens is 324 g/mol. The van der Waals surface area contributed by atoms with E-state index >= 15 is 0 Å². The van der Waals surface area contributed by atoms with Gasteiger partial charge in [0.2, 0.25) is 0 Å². The molecule has 0 aromatic heterocycles. The highest BCUT2D eigenvalue weighted by Gasteiger charge is 2.25. The van der Waals surface area contributed by atoms with Gasteiger partial charge in [0, 0.05) is 35.7 Å². The summed E-state index contributed by atoms with van der Waals surface area (Å²) in [6, 6.07) is 0.409. The van der Waals surface area contributed by atoms with Crippen LogP contribution >= 0.6 is 25.3 Å². The van der Waals surface area contributed by atoms with Gasteiger partial charge in [0.25, 0.3) is 0 Å². The van der Waals surface area contributed by atoms with Crippen LogP contribution in [0, 0.1) is 0 Å². The summed E-state index contributed by atoms with van der Waals surface area (Å²) >= 11 is 8.39. The fraction of sp³-hybridized carbons (Fsp3) is 0.857. The fourth-order valence-corrected chi connectivity index (χ4v) is 3.34. The van der Waals surface area contributed by atoms with Crippen molar-refractivity contribution >= 4 is 37.2 Å². The monoisotopic (exact) mass is 350 g/mol. The van der Waals surface area contributed by atoms with Crippen LogP contribution in [0.2, 0.25) is 0 Å². The number of hydrogen-bond acceptors (Lipinski definition) is 6. The highest BCUT2D eigenvalue weighted by molar-refractivity contribution is 7.80. The van der Waals surface area contributed by atoms with E-state index in [1.54, 1.807) is 0 Å². The molecule has 1 aliphatic carbocycles. The first-order valence-electron chi connectivity index (χ1n) is 7.62. The molecule has 2 atom stereocenters. The minimum absolute atomic E-state index is 0.0853. The Bertz CT molecular complexity index is 329. The molecule has 1 rings (SSSR count). The third-order valence-electron chi connectivity index (χ3n) is 3.95. The van der Waals surface area contributed by atoms with E-state index in [2.05, 4.69) is 35.9 Å². The Labute approximate surface area is 142 Å². The predicted octanol–water partition coefficient (Wildman–Crippen LogP) is 1.02. The van der Waals surface area contributed by atoms with Crippen LogP contribution in [0.1, 0.15) is 38.5 Å². The summed E-state index contributed by atoms with van der Waals surface area (Å²) in [6.07, 6.45) is 3.98. The van der Waals surface area contributed by atoms with Crippen molar-refractivity contribution in [2.75, 3.05) is 11.5 Å². The number of nitrogens with one attached hydrogen (secondary N) is 2. The maximum atomic E-state index is 10.8. The van der Waals surface area contributed by atoms with E-state index in [0.29, 0.717) is 23.6 Å². The zero-order chi connectivity index (χ0) is 16.5. The molecule has 22 heavy (non-hydrogen) atoms. The van der Waals surface area contributed by atoms with Crippen molar-refractivity contribution in [3.8, 4) is 0 Å². The second-order valence-corrected chi connectivity index (χ2v) is 6.57. The molecule has 0 bridgehead atoms. The van der Waals surface area contributed by atoms with Crippen molar-refractivity contribution in [3.63, 3.8) is 0 Å². The summed E-state index contributed by atoms with van der Waals surface area (Å²) in [5.41, 5.74) is 0. The summed E-state index contributed by atoms with van der Waals surface area (Å²) in [7, 11) is 0. The number of thiol groups is 2. The lowest BCUT2D eigenvalue weighted by atomic mass is 9.90. The third-order valence-corrected chi connectivity index (χ3v) is 4.83. The number of carbonyl (C=O) groups is 2. The second kappa shape index (κ2) is 10.4. The first-order chi connectivity index (χ1) is 10.4. The Morgan fingerprint density at radius 3 is 1.41 bits per heavy atom. The molecule has 8 heteroatoms. The average Bonchev–Trinajstić information content (AvgIpc) is 2.46. The van der Waals surface area contributed by atoms with Crippen molar-refractivity contribution in [1.29, 1.82) is 0 Å². The molecule has 6 nitrogen and oxygen atoms in total. The number of carboxylic acid groups (broad SMARTS) is 2. The van der Waals surface area contributed by atoms with Crippen LogP contribution in [0.4, 0.5) is 0 Å². The first kappa shape index (κ1) is 19.6. The largest absolute Gasteiger partial charge is 0.481 e. The van der Waals surface area contributed by atoms with Gasteiger partial charge in [-0.3, -0.25) is 9.59 Å². The summed E-state index contributed by atoms with van der Waals surface area (Å²) in [4.78, 5) is 21.5. The Morgan fingerprint density at radius 2 is 1.18 bits per heavy atom.